The number of carboxylic acid groups (broad SMARTS) is 1. The quantitative estimate of drug-likeness (QED) is 0.190. The number of carboxylic acids is 1. The van der Waals surface area contributed by atoms with Gasteiger partial charge in [-0.1, -0.05) is 41.8 Å². The number of aliphatic carboxylic acids is 1. The molecule has 8 nitrogen and oxygen atoms in total. The summed E-state index contributed by atoms with van der Waals surface area (Å²) in [7, 11) is 0. The van der Waals surface area contributed by atoms with Gasteiger partial charge in [0.15, 0.2) is 6.10 Å². The maximum Gasteiger partial charge on any atom is 0.410 e. The number of carbonyl (C=O) groups is 2. The van der Waals surface area contributed by atoms with Gasteiger partial charge in [-0.05, 0) is 86.9 Å². The van der Waals surface area contributed by atoms with E-state index in [9.17, 15) is 14.7 Å². The Kier molecular flexibility index (Phi) is 14.6. The van der Waals surface area contributed by atoms with Crippen molar-refractivity contribution in [2.75, 3.05) is 32.9 Å². The molecule has 1 N–H and O–H groups in total. The van der Waals surface area contributed by atoms with Gasteiger partial charge in [-0.2, -0.15) is 0 Å². The highest BCUT2D eigenvalue weighted by molar-refractivity contribution is 6.34. The molecule has 1 atom stereocenters. The third kappa shape index (κ3) is 12.5. The van der Waals surface area contributed by atoms with Crippen molar-refractivity contribution in [3.8, 4) is 5.75 Å². The van der Waals surface area contributed by atoms with E-state index in [1.165, 1.54) is 6.42 Å². The zero-order chi connectivity index (χ0) is 29.5. The third-order valence-corrected chi connectivity index (χ3v) is 7.29. The van der Waals surface area contributed by atoms with Gasteiger partial charge in [-0.25, -0.2) is 9.59 Å². The lowest BCUT2D eigenvalue weighted by Crippen LogP contribution is -2.38. The minimum atomic E-state index is -0.982. The molecule has 41 heavy (non-hydrogen) atoms. The molecule has 1 unspecified atom stereocenters. The first kappa shape index (κ1) is 33.0. The number of ether oxygens (including phenoxy) is 4. The van der Waals surface area contributed by atoms with Crippen molar-refractivity contribution in [1.82, 2.24) is 4.90 Å². The molecule has 2 aromatic rings. The Hall–Kier alpha value is -2.52. The fourth-order valence-electron chi connectivity index (χ4n) is 4.71. The predicted molar refractivity (Wildman–Crippen MR) is 159 cm³/mol. The number of nitrogens with zero attached hydrogens (tertiary/aromatic N) is 1. The molecule has 0 heterocycles. The lowest BCUT2D eigenvalue weighted by molar-refractivity contribution is -0.149. The fourth-order valence-corrected chi connectivity index (χ4v) is 5.29. The summed E-state index contributed by atoms with van der Waals surface area (Å²) in [5.41, 5.74) is 1.76. The number of amides is 1. The second kappa shape index (κ2) is 18.1. The average Bonchev–Trinajstić information content (AvgIpc) is 2.94. The Bertz CT molecular complexity index is 1060. The van der Waals surface area contributed by atoms with Crippen LogP contribution in [0.15, 0.2) is 42.5 Å². The van der Waals surface area contributed by atoms with Gasteiger partial charge in [0.2, 0.25) is 0 Å². The number of rotatable bonds is 17. The van der Waals surface area contributed by atoms with Gasteiger partial charge in [-0.15, -0.1) is 0 Å². The van der Waals surface area contributed by atoms with Crippen molar-refractivity contribution < 1.29 is 33.6 Å². The van der Waals surface area contributed by atoms with Gasteiger partial charge in [0.1, 0.15) is 18.5 Å². The molecule has 0 bridgehead atoms. The highest BCUT2D eigenvalue weighted by Gasteiger charge is 2.22. The molecule has 0 spiro atoms. The van der Waals surface area contributed by atoms with E-state index in [1.807, 2.05) is 24.3 Å². The Morgan fingerprint density at radius 2 is 1.66 bits per heavy atom. The van der Waals surface area contributed by atoms with Gasteiger partial charge in [-0.3, -0.25) is 0 Å². The van der Waals surface area contributed by atoms with E-state index < -0.39 is 12.1 Å². The molecule has 1 aliphatic carbocycles. The molecule has 0 radical (unpaired) electrons. The van der Waals surface area contributed by atoms with Crippen LogP contribution >= 0.6 is 23.2 Å². The monoisotopic (exact) mass is 609 g/mol. The lowest BCUT2D eigenvalue weighted by atomic mass is 9.98. The molecular weight excluding hydrogens is 569 g/mol. The Morgan fingerprint density at radius 3 is 2.32 bits per heavy atom. The van der Waals surface area contributed by atoms with Crippen molar-refractivity contribution in [2.24, 2.45) is 0 Å². The van der Waals surface area contributed by atoms with Crippen molar-refractivity contribution in [3.63, 3.8) is 0 Å². The number of carbonyl (C=O) groups excluding carboxylic acids is 1. The summed E-state index contributed by atoms with van der Waals surface area (Å²) >= 11 is 12.1. The van der Waals surface area contributed by atoms with E-state index in [4.69, 9.17) is 42.1 Å². The smallest absolute Gasteiger partial charge is 0.410 e. The zero-order valence-corrected chi connectivity index (χ0v) is 25.2. The van der Waals surface area contributed by atoms with Crippen molar-refractivity contribution in [3.05, 3.63) is 63.6 Å². The number of benzene rings is 2. The molecule has 0 aromatic heterocycles. The summed E-state index contributed by atoms with van der Waals surface area (Å²) in [4.78, 5) is 26.1. The predicted octanol–water partition coefficient (Wildman–Crippen LogP) is 7.17. The molecule has 1 aliphatic rings. The number of hydrogen-bond acceptors (Lipinski definition) is 6. The van der Waals surface area contributed by atoms with E-state index in [0.717, 1.165) is 49.7 Å². The highest BCUT2D eigenvalue weighted by Crippen LogP contribution is 2.22. The van der Waals surface area contributed by atoms with Crippen molar-refractivity contribution in [2.45, 2.75) is 77.1 Å². The Morgan fingerprint density at radius 1 is 0.951 bits per heavy atom. The molecule has 1 amide bonds. The summed E-state index contributed by atoms with van der Waals surface area (Å²) in [5.74, 6) is -0.336. The molecule has 2 aromatic carbocycles. The zero-order valence-electron chi connectivity index (χ0n) is 23.7. The van der Waals surface area contributed by atoms with E-state index in [1.54, 1.807) is 30.0 Å². The van der Waals surface area contributed by atoms with Gasteiger partial charge in [0.05, 0.1) is 13.2 Å². The van der Waals surface area contributed by atoms with Crippen LogP contribution in [0, 0.1) is 0 Å². The minimum absolute atomic E-state index is 0.0219. The normalized spacial score (nSPS) is 14.4. The number of hydrogen-bond donors (Lipinski definition) is 1. The maximum absolute atomic E-state index is 13.0. The van der Waals surface area contributed by atoms with Crippen LogP contribution in [0.4, 0.5) is 4.79 Å². The number of halogens is 2. The maximum atomic E-state index is 13.0. The average molecular weight is 611 g/mol. The summed E-state index contributed by atoms with van der Waals surface area (Å²) in [6.45, 7) is 4.31. The standard InChI is InChI=1S/C31H41Cl2NO7/c1-2-39-29(30(35)36)20-23-10-12-27(13-11-23)40-17-15-34(31(37)41-28-8-4-3-5-9-28)14-6-7-16-38-22-24-18-25(32)21-26(33)19-24/h10-13,18-19,21,28-29H,2-9,14-17,20,22H2,1H3,(H,35,36). The SMILES string of the molecule is CCOC(Cc1ccc(OCCN(CCCCOCc2cc(Cl)cc(Cl)c2)C(=O)OC2CCCCC2)cc1)C(=O)O. The summed E-state index contributed by atoms with van der Waals surface area (Å²) in [6.07, 6.45) is 5.80. The molecule has 226 valence electrons. The van der Waals surface area contributed by atoms with E-state index >= 15 is 0 Å². The summed E-state index contributed by atoms with van der Waals surface area (Å²) in [5, 5.41) is 10.5. The molecule has 10 heteroatoms. The van der Waals surface area contributed by atoms with Crippen molar-refractivity contribution >= 4 is 35.3 Å². The van der Waals surface area contributed by atoms with Gasteiger partial charge >= 0.3 is 12.1 Å². The minimum Gasteiger partial charge on any atom is -0.492 e. The van der Waals surface area contributed by atoms with Gasteiger partial charge in [0, 0.05) is 36.2 Å². The molecule has 0 saturated heterocycles. The van der Waals surface area contributed by atoms with E-state index in [0.29, 0.717) is 55.3 Å². The van der Waals surface area contributed by atoms with Crippen LogP contribution in [-0.4, -0.2) is 67.2 Å². The van der Waals surface area contributed by atoms with Crippen LogP contribution < -0.4 is 4.74 Å². The van der Waals surface area contributed by atoms with E-state index in [-0.39, 0.29) is 18.6 Å². The first-order valence-corrected chi connectivity index (χ1v) is 15.1. The topological polar surface area (TPSA) is 94.5 Å². The van der Waals surface area contributed by atoms with E-state index in [2.05, 4.69) is 0 Å². The second-order valence-corrected chi connectivity index (χ2v) is 11.0. The highest BCUT2D eigenvalue weighted by atomic mass is 35.5. The van der Waals surface area contributed by atoms with Gasteiger partial charge in [0.25, 0.3) is 0 Å². The first-order chi connectivity index (χ1) is 19.8. The summed E-state index contributed by atoms with van der Waals surface area (Å²) < 4.78 is 22.8. The molecular formula is C31H41Cl2NO7. The van der Waals surface area contributed by atoms with Crippen LogP contribution in [0.1, 0.15) is 63.0 Å². The largest absolute Gasteiger partial charge is 0.492 e. The Labute approximate surface area is 252 Å². The lowest BCUT2D eigenvalue weighted by Gasteiger charge is -2.27. The van der Waals surface area contributed by atoms with Crippen LogP contribution in [0.3, 0.4) is 0 Å². The molecule has 1 saturated carbocycles. The fraction of sp³-hybridized carbons (Fsp3) is 0.548. The molecule has 0 aliphatic heterocycles. The van der Waals surface area contributed by atoms with Crippen LogP contribution in [0.25, 0.3) is 0 Å². The van der Waals surface area contributed by atoms with Crippen molar-refractivity contribution in [1.29, 1.82) is 0 Å². The third-order valence-electron chi connectivity index (χ3n) is 6.85. The summed E-state index contributed by atoms with van der Waals surface area (Å²) in [6, 6.07) is 12.6. The van der Waals surface area contributed by atoms with Crippen LogP contribution in [0.2, 0.25) is 10.0 Å². The Balaban J connectivity index is 1.45. The van der Waals surface area contributed by atoms with Gasteiger partial charge < -0.3 is 29.0 Å². The molecule has 3 rings (SSSR count). The van der Waals surface area contributed by atoms with Crippen LogP contribution in [0.5, 0.6) is 5.75 Å². The number of unbranched alkanes of at least 4 members (excludes halogenated alkanes) is 1. The first-order valence-electron chi connectivity index (χ1n) is 14.4. The second-order valence-electron chi connectivity index (χ2n) is 10.1. The van der Waals surface area contributed by atoms with Crippen LogP contribution in [-0.2, 0) is 32.0 Å². The molecule has 1 fully saturated rings.